The SMILES string of the molecule is CC(=O)NC(CC(=O)NC1CCCC1CN)c1ccc(Br)cc1. The monoisotopic (exact) mass is 381 g/mol. The van der Waals surface area contributed by atoms with Crippen molar-refractivity contribution in [2.45, 2.75) is 44.7 Å². The largest absolute Gasteiger partial charge is 0.353 e. The van der Waals surface area contributed by atoms with E-state index in [9.17, 15) is 9.59 Å². The molecule has 0 bridgehead atoms. The summed E-state index contributed by atoms with van der Waals surface area (Å²) in [6, 6.07) is 7.48. The van der Waals surface area contributed by atoms with Crippen LogP contribution in [0.1, 0.15) is 44.2 Å². The maximum atomic E-state index is 12.4. The third-order valence-corrected chi connectivity index (χ3v) is 4.88. The Kier molecular flexibility index (Phi) is 6.59. The number of hydrogen-bond donors (Lipinski definition) is 3. The van der Waals surface area contributed by atoms with Crippen molar-refractivity contribution in [1.29, 1.82) is 0 Å². The van der Waals surface area contributed by atoms with Crippen LogP contribution < -0.4 is 16.4 Å². The molecule has 1 aliphatic rings. The van der Waals surface area contributed by atoms with Gasteiger partial charge in [-0.25, -0.2) is 0 Å². The maximum Gasteiger partial charge on any atom is 0.222 e. The zero-order valence-corrected chi connectivity index (χ0v) is 14.9. The Bertz CT molecular complexity index is 547. The van der Waals surface area contributed by atoms with Crippen molar-refractivity contribution in [3.63, 3.8) is 0 Å². The van der Waals surface area contributed by atoms with Crippen LogP contribution in [0.25, 0.3) is 0 Å². The highest BCUT2D eigenvalue weighted by Crippen LogP contribution is 2.25. The molecule has 0 spiro atoms. The Morgan fingerprint density at radius 1 is 1.30 bits per heavy atom. The number of nitrogens with one attached hydrogen (secondary N) is 2. The van der Waals surface area contributed by atoms with Gasteiger partial charge in [0.05, 0.1) is 12.5 Å². The predicted octanol–water partition coefficient (Wildman–Crippen LogP) is 2.26. The van der Waals surface area contributed by atoms with Gasteiger partial charge in [-0.1, -0.05) is 34.5 Å². The van der Waals surface area contributed by atoms with Crippen LogP contribution >= 0.6 is 15.9 Å². The van der Waals surface area contributed by atoms with E-state index in [1.165, 1.54) is 6.92 Å². The predicted molar refractivity (Wildman–Crippen MR) is 93.6 cm³/mol. The first-order valence-corrected chi connectivity index (χ1v) is 8.81. The molecular weight excluding hydrogens is 358 g/mol. The molecule has 23 heavy (non-hydrogen) atoms. The van der Waals surface area contributed by atoms with E-state index >= 15 is 0 Å². The lowest BCUT2D eigenvalue weighted by Crippen LogP contribution is -2.41. The molecule has 4 N–H and O–H groups in total. The number of amides is 2. The highest BCUT2D eigenvalue weighted by molar-refractivity contribution is 9.10. The maximum absolute atomic E-state index is 12.4. The Labute approximate surface area is 145 Å². The first-order chi connectivity index (χ1) is 11.0. The molecule has 3 unspecified atom stereocenters. The zero-order chi connectivity index (χ0) is 16.8. The summed E-state index contributed by atoms with van der Waals surface area (Å²) < 4.78 is 0.962. The Balaban J connectivity index is 2.00. The number of nitrogens with two attached hydrogens (primary N) is 1. The van der Waals surface area contributed by atoms with E-state index in [1.807, 2.05) is 24.3 Å². The van der Waals surface area contributed by atoms with Crippen LogP contribution in [0.15, 0.2) is 28.7 Å². The molecule has 2 rings (SSSR count). The van der Waals surface area contributed by atoms with E-state index < -0.39 is 0 Å². The van der Waals surface area contributed by atoms with Gasteiger partial charge in [0.2, 0.25) is 11.8 Å². The summed E-state index contributed by atoms with van der Waals surface area (Å²) in [4.78, 5) is 23.8. The number of hydrogen-bond acceptors (Lipinski definition) is 3. The van der Waals surface area contributed by atoms with Crippen molar-refractivity contribution in [3.05, 3.63) is 34.3 Å². The first kappa shape index (κ1) is 17.9. The van der Waals surface area contributed by atoms with E-state index in [0.717, 1.165) is 29.3 Å². The van der Waals surface area contributed by atoms with Crippen LogP contribution in [0, 0.1) is 5.92 Å². The molecule has 0 aliphatic heterocycles. The summed E-state index contributed by atoms with van der Waals surface area (Å²) in [5.41, 5.74) is 6.68. The molecule has 0 saturated heterocycles. The molecule has 3 atom stereocenters. The molecule has 126 valence electrons. The van der Waals surface area contributed by atoms with Crippen LogP contribution in [0.5, 0.6) is 0 Å². The summed E-state index contributed by atoms with van der Waals surface area (Å²) in [7, 11) is 0. The van der Waals surface area contributed by atoms with Gasteiger partial charge >= 0.3 is 0 Å². The third-order valence-electron chi connectivity index (χ3n) is 4.35. The zero-order valence-electron chi connectivity index (χ0n) is 13.3. The normalized spacial score (nSPS) is 21.7. The lowest BCUT2D eigenvalue weighted by atomic mass is 10.0. The van der Waals surface area contributed by atoms with Crippen molar-refractivity contribution < 1.29 is 9.59 Å². The third kappa shape index (κ3) is 5.32. The van der Waals surface area contributed by atoms with E-state index in [2.05, 4.69) is 26.6 Å². The fraction of sp³-hybridized carbons (Fsp3) is 0.529. The smallest absolute Gasteiger partial charge is 0.222 e. The minimum absolute atomic E-state index is 0.0444. The summed E-state index contributed by atoms with van der Waals surface area (Å²) in [5, 5.41) is 5.94. The molecule has 1 fully saturated rings. The summed E-state index contributed by atoms with van der Waals surface area (Å²) in [5.74, 6) is 0.175. The minimum atomic E-state index is -0.321. The van der Waals surface area contributed by atoms with Gasteiger partial charge in [-0.3, -0.25) is 9.59 Å². The highest BCUT2D eigenvalue weighted by atomic mass is 79.9. The quantitative estimate of drug-likeness (QED) is 0.706. The van der Waals surface area contributed by atoms with E-state index in [1.54, 1.807) is 0 Å². The van der Waals surface area contributed by atoms with Crippen LogP contribution in [0.3, 0.4) is 0 Å². The number of carbonyl (C=O) groups is 2. The van der Waals surface area contributed by atoms with Crippen molar-refractivity contribution >= 4 is 27.7 Å². The molecule has 6 heteroatoms. The standard InChI is InChI=1S/C17H24BrN3O2/c1-11(22)20-16(12-5-7-14(18)8-6-12)9-17(23)21-15-4-2-3-13(15)10-19/h5-8,13,15-16H,2-4,9-10,19H2,1H3,(H,20,22)(H,21,23). The highest BCUT2D eigenvalue weighted by Gasteiger charge is 2.28. The number of rotatable bonds is 6. The molecule has 1 aromatic carbocycles. The van der Waals surface area contributed by atoms with E-state index in [4.69, 9.17) is 5.73 Å². The Morgan fingerprint density at radius 3 is 2.61 bits per heavy atom. The first-order valence-electron chi connectivity index (χ1n) is 8.01. The topological polar surface area (TPSA) is 84.2 Å². The van der Waals surface area contributed by atoms with Gasteiger partial charge in [0.25, 0.3) is 0 Å². The Morgan fingerprint density at radius 2 is 2.00 bits per heavy atom. The number of halogens is 1. The van der Waals surface area contributed by atoms with Crippen molar-refractivity contribution in [1.82, 2.24) is 10.6 Å². The Hall–Kier alpha value is -1.40. The fourth-order valence-corrected chi connectivity index (χ4v) is 3.42. The molecule has 1 aliphatic carbocycles. The van der Waals surface area contributed by atoms with E-state index in [0.29, 0.717) is 12.5 Å². The van der Waals surface area contributed by atoms with Crippen molar-refractivity contribution in [2.24, 2.45) is 11.7 Å². The van der Waals surface area contributed by atoms with Crippen LogP contribution in [-0.4, -0.2) is 24.4 Å². The molecule has 5 nitrogen and oxygen atoms in total. The lowest BCUT2D eigenvalue weighted by Gasteiger charge is -2.22. The fourth-order valence-electron chi connectivity index (χ4n) is 3.15. The molecule has 0 heterocycles. The second-order valence-corrected chi connectivity index (χ2v) is 7.03. The van der Waals surface area contributed by atoms with Gasteiger partial charge in [0, 0.05) is 17.4 Å². The molecule has 1 saturated carbocycles. The molecular formula is C17H24BrN3O2. The van der Waals surface area contributed by atoms with Gasteiger partial charge in [-0.15, -0.1) is 0 Å². The second-order valence-electron chi connectivity index (χ2n) is 6.11. The summed E-state index contributed by atoms with van der Waals surface area (Å²) in [6.07, 6.45) is 3.39. The molecule has 2 amide bonds. The number of benzene rings is 1. The summed E-state index contributed by atoms with van der Waals surface area (Å²) >= 11 is 3.39. The van der Waals surface area contributed by atoms with Gasteiger partial charge < -0.3 is 16.4 Å². The summed E-state index contributed by atoms with van der Waals surface area (Å²) in [6.45, 7) is 2.07. The van der Waals surface area contributed by atoms with Crippen LogP contribution in [-0.2, 0) is 9.59 Å². The molecule has 0 radical (unpaired) electrons. The van der Waals surface area contributed by atoms with Crippen molar-refractivity contribution in [3.8, 4) is 0 Å². The van der Waals surface area contributed by atoms with Crippen LogP contribution in [0.2, 0.25) is 0 Å². The van der Waals surface area contributed by atoms with Gasteiger partial charge in [0.1, 0.15) is 0 Å². The number of carbonyl (C=O) groups excluding carboxylic acids is 2. The average molecular weight is 382 g/mol. The molecule has 1 aromatic rings. The molecule has 0 aromatic heterocycles. The van der Waals surface area contributed by atoms with E-state index in [-0.39, 0.29) is 30.3 Å². The van der Waals surface area contributed by atoms with Gasteiger partial charge in [0.15, 0.2) is 0 Å². The lowest BCUT2D eigenvalue weighted by molar-refractivity contribution is -0.123. The van der Waals surface area contributed by atoms with Gasteiger partial charge in [-0.05, 0) is 43.0 Å². The second kappa shape index (κ2) is 8.45. The van der Waals surface area contributed by atoms with Crippen molar-refractivity contribution in [2.75, 3.05) is 6.54 Å². The van der Waals surface area contributed by atoms with Crippen LogP contribution in [0.4, 0.5) is 0 Å². The average Bonchev–Trinajstić information content (AvgIpc) is 2.94. The van der Waals surface area contributed by atoms with Gasteiger partial charge in [-0.2, -0.15) is 0 Å². The minimum Gasteiger partial charge on any atom is -0.353 e.